The summed E-state index contributed by atoms with van der Waals surface area (Å²) in [6.07, 6.45) is -5.16. The van der Waals surface area contributed by atoms with Crippen molar-refractivity contribution in [3.63, 3.8) is 0 Å². The number of aromatic carboxylic acids is 1. The number of carbonyl (C=O) groups is 1. The highest BCUT2D eigenvalue weighted by molar-refractivity contribution is 5.88. The predicted molar refractivity (Wildman–Crippen MR) is 73.7 cm³/mol. The topological polar surface area (TPSA) is 62.2 Å². The largest absolute Gasteiger partial charge is 0.478 e. The Bertz CT molecular complexity index is 508. The van der Waals surface area contributed by atoms with E-state index in [1.807, 2.05) is 20.8 Å². The molecule has 1 aromatic heterocycles. The molecule has 2 N–H and O–H groups in total. The molecule has 7 heteroatoms. The van der Waals surface area contributed by atoms with Crippen LogP contribution in [0, 0.1) is 0 Å². The maximum absolute atomic E-state index is 12.1. The highest BCUT2D eigenvalue weighted by Crippen LogP contribution is 2.24. The van der Waals surface area contributed by atoms with E-state index in [-0.39, 0.29) is 29.8 Å². The van der Waals surface area contributed by atoms with Crippen LogP contribution >= 0.6 is 0 Å². The lowest BCUT2D eigenvalue weighted by Gasteiger charge is -2.19. The molecule has 0 fully saturated rings. The minimum Gasteiger partial charge on any atom is -0.478 e. The standard InChI is InChI=1S/C14H19F3N2O2/c1-13(2,3)10-7-9(12(20)21)8-11(19-10)18-6-4-5-14(15,16)17/h7-8H,4-6H2,1-3H3,(H,18,19)(H,20,21). The molecule has 0 aromatic carbocycles. The summed E-state index contributed by atoms with van der Waals surface area (Å²) < 4.78 is 36.2. The Morgan fingerprint density at radius 2 is 1.90 bits per heavy atom. The summed E-state index contributed by atoms with van der Waals surface area (Å²) in [5.41, 5.74) is 0.280. The molecule has 0 amide bonds. The summed E-state index contributed by atoms with van der Waals surface area (Å²) >= 11 is 0. The zero-order chi connectivity index (χ0) is 16.3. The first kappa shape index (κ1) is 17.3. The number of hydrogen-bond acceptors (Lipinski definition) is 3. The van der Waals surface area contributed by atoms with Gasteiger partial charge in [-0.05, 0) is 18.6 Å². The molecule has 0 unspecified atom stereocenters. The van der Waals surface area contributed by atoms with E-state index in [9.17, 15) is 18.0 Å². The molecular weight excluding hydrogens is 285 g/mol. The van der Waals surface area contributed by atoms with E-state index in [4.69, 9.17) is 5.11 Å². The Labute approximate surface area is 121 Å². The summed E-state index contributed by atoms with van der Waals surface area (Å²) in [5.74, 6) is -0.816. The van der Waals surface area contributed by atoms with E-state index in [0.717, 1.165) is 0 Å². The Kier molecular flexibility index (Phi) is 5.20. The third-order valence-corrected chi connectivity index (χ3v) is 2.78. The summed E-state index contributed by atoms with van der Waals surface area (Å²) in [6, 6.07) is 2.80. The predicted octanol–water partition coefficient (Wildman–Crippen LogP) is 3.83. The maximum atomic E-state index is 12.1. The smallest absolute Gasteiger partial charge is 0.389 e. The molecule has 0 saturated carbocycles. The highest BCUT2D eigenvalue weighted by Gasteiger charge is 2.26. The van der Waals surface area contributed by atoms with Crippen LogP contribution in [0.5, 0.6) is 0 Å². The van der Waals surface area contributed by atoms with Gasteiger partial charge in [-0.15, -0.1) is 0 Å². The number of carboxylic acid groups (broad SMARTS) is 1. The van der Waals surface area contributed by atoms with Crippen molar-refractivity contribution in [2.45, 2.75) is 45.2 Å². The number of nitrogens with one attached hydrogen (secondary N) is 1. The van der Waals surface area contributed by atoms with Crippen LogP contribution in [0.3, 0.4) is 0 Å². The zero-order valence-corrected chi connectivity index (χ0v) is 12.2. The first-order valence-corrected chi connectivity index (χ1v) is 6.55. The van der Waals surface area contributed by atoms with E-state index in [0.29, 0.717) is 5.69 Å². The molecule has 0 atom stereocenters. The van der Waals surface area contributed by atoms with E-state index >= 15 is 0 Å². The molecule has 0 radical (unpaired) electrons. The van der Waals surface area contributed by atoms with Gasteiger partial charge in [0.15, 0.2) is 0 Å². The number of anilines is 1. The van der Waals surface area contributed by atoms with Gasteiger partial charge in [0.05, 0.1) is 5.56 Å². The first-order chi connectivity index (χ1) is 9.49. The van der Waals surface area contributed by atoms with Crippen molar-refractivity contribution >= 4 is 11.8 Å². The molecule has 0 aliphatic rings. The van der Waals surface area contributed by atoms with Gasteiger partial charge >= 0.3 is 12.1 Å². The van der Waals surface area contributed by atoms with Gasteiger partial charge in [0.1, 0.15) is 5.82 Å². The van der Waals surface area contributed by atoms with Crippen LogP contribution < -0.4 is 5.32 Å². The molecule has 0 bridgehead atoms. The molecule has 0 spiro atoms. The number of rotatable bonds is 5. The molecule has 0 saturated heterocycles. The van der Waals surface area contributed by atoms with E-state index in [2.05, 4.69) is 10.3 Å². The van der Waals surface area contributed by atoms with Crippen molar-refractivity contribution in [3.05, 3.63) is 23.4 Å². The molecule has 1 heterocycles. The van der Waals surface area contributed by atoms with Gasteiger partial charge in [-0.25, -0.2) is 9.78 Å². The monoisotopic (exact) mass is 304 g/mol. The summed E-state index contributed by atoms with van der Waals surface area (Å²) in [5, 5.41) is 11.8. The normalized spacial score (nSPS) is 12.3. The molecule has 0 aliphatic carbocycles. The number of pyridine rings is 1. The van der Waals surface area contributed by atoms with Crippen LogP contribution in [0.15, 0.2) is 12.1 Å². The number of halogens is 3. The summed E-state index contributed by atoms with van der Waals surface area (Å²) in [7, 11) is 0. The van der Waals surface area contributed by atoms with Crippen molar-refractivity contribution in [3.8, 4) is 0 Å². The lowest BCUT2D eigenvalue weighted by atomic mass is 9.91. The van der Waals surface area contributed by atoms with Crippen LogP contribution in [-0.2, 0) is 5.41 Å². The number of hydrogen-bond donors (Lipinski definition) is 2. The van der Waals surface area contributed by atoms with Crippen LogP contribution in [-0.4, -0.2) is 28.8 Å². The summed E-state index contributed by atoms with van der Waals surface area (Å²) in [6.45, 7) is 5.73. The average molecular weight is 304 g/mol. The van der Waals surface area contributed by atoms with Crippen LogP contribution in [0.4, 0.5) is 19.0 Å². The Morgan fingerprint density at radius 3 is 2.38 bits per heavy atom. The minimum absolute atomic E-state index is 0.0632. The number of alkyl halides is 3. The average Bonchev–Trinajstić information content (AvgIpc) is 2.32. The minimum atomic E-state index is -4.19. The van der Waals surface area contributed by atoms with Crippen molar-refractivity contribution in [1.82, 2.24) is 4.98 Å². The lowest BCUT2D eigenvalue weighted by molar-refractivity contribution is -0.134. The van der Waals surface area contributed by atoms with Gasteiger partial charge in [-0.1, -0.05) is 20.8 Å². The van der Waals surface area contributed by atoms with Gasteiger partial charge in [0, 0.05) is 24.1 Å². The number of nitrogens with zero attached hydrogens (tertiary/aromatic N) is 1. The number of carboxylic acids is 1. The zero-order valence-electron chi connectivity index (χ0n) is 12.2. The van der Waals surface area contributed by atoms with Gasteiger partial charge in [-0.2, -0.15) is 13.2 Å². The molecular formula is C14H19F3N2O2. The fourth-order valence-corrected chi connectivity index (χ4v) is 1.63. The van der Waals surface area contributed by atoms with Crippen molar-refractivity contribution in [2.75, 3.05) is 11.9 Å². The first-order valence-electron chi connectivity index (χ1n) is 6.55. The molecule has 1 aromatic rings. The second-order valence-electron chi connectivity index (χ2n) is 5.83. The van der Waals surface area contributed by atoms with Gasteiger partial charge in [0.2, 0.25) is 0 Å². The molecule has 4 nitrogen and oxygen atoms in total. The second kappa shape index (κ2) is 6.32. The third-order valence-electron chi connectivity index (χ3n) is 2.78. The third kappa shape index (κ3) is 6.01. The SMILES string of the molecule is CC(C)(C)c1cc(C(=O)O)cc(NCCCC(F)(F)F)n1. The quantitative estimate of drug-likeness (QED) is 0.812. The van der Waals surface area contributed by atoms with E-state index in [1.165, 1.54) is 12.1 Å². The van der Waals surface area contributed by atoms with Crippen LogP contribution in [0.2, 0.25) is 0 Å². The molecule has 0 aliphatic heterocycles. The van der Waals surface area contributed by atoms with E-state index in [1.54, 1.807) is 0 Å². The molecule has 118 valence electrons. The fourth-order valence-electron chi connectivity index (χ4n) is 1.63. The van der Waals surface area contributed by atoms with Crippen LogP contribution in [0.25, 0.3) is 0 Å². The Balaban J connectivity index is 2.82. The van der Waals surface area contributed by atoms with Gasteiger partial charge < -0.3 is 10.4 Å². The molecule has 1 rings (SSSR count). The lowest BCUT2D eigenvalue weighted by Crippen LogP contribution is -2.17. The van der Waals surface area contributed by atoms with Crippen molar-refractivity contribution in [2.24, 2.45) is 0 Å². The van der Waals surface area contributed by atoms with Crippen LogP contribution in [0.1, 0.15) is 49.7 Å². The van der Waals surface area contributed by atoms with Gasteiger partial charge in [0.25, 0.3) is 0 Å². The Hall–Kier alpha value is -1.79. The van der Waals surface area contributed by atoms with Crippen molar-refractivity contribution in [1.29, 1.82) is 0 Å². The van der Waals surface area contributed by atoms with Gasteiger partial charge in [-0.3, -0.25) is 0 Å². The van der Waals surface area contributed by atoms with Crippen molar-refractivity contribution < 1.29 is 23.1 Å². The number of aromatic nitrogens is 1. The second-order valence-corrected chi connectivity index (χ2v) is 5.83. The highest BCUT2D eigenvalue weighted by atomic mass is 19.4. The molecule has 21 heavy (non-hydrogen) atoms. The Morgan fingerprint density at radius 1 is 1.29 bits per heavy atom. The van der Waals surface area contributed by atoms with E-state index < -0.39 is 18.6 Å². The fraction of sp³-hybridized carbons (Fsp3) is 0.571. The summed E-state index contributed by atoms with van der Waals surface area (Å²) in [4.78, 5) is 15.4. The maximum Gasteiger partial charge on any atom is 0.389 e.